The topological polar surface area (TPSA) is 26.3 Å². The van der Waals surface area contributed by atoms with Crippen molar-refractivity contribution in [3.63, 3.8) is 0 Å². The molecule has 0 spiro atoms. The Morgan fingerprint density at radius 1 is 1.90 bits per heavy atom. The van der Waals surface area contributed by atoms with Gasteiger partial charge in [-0.05, 0) is 6.42 Å². The van der Waals surface area contributed by atoms with Crippen LogP contribution in [-0.4, -0.2) is 18.3 Å². The van der Waals surface area contributed by atoms with Crippen LogP contribution < -0.4 is 0 Å². The first-order valence-electron chi connectivity index (χ1n) is 3.24. The van der Waals surface area contributed by atoms with Crippen molar-refractivity contribution in [3.8, 4) is 0 Å². The highest BCUT2D eigenvalue weighted by Crippen LogP contribution is 2.24. The van der Waals surface area contributed by atoms with Gasteiger partial charge in [0.25, 0.3) is 0 Å². The largest absolute Gasteiger partial charge is 0.460 e. The third-order valence-electron chi connectivity index (χ3n) is 1.20. The highest BCUT2D eigenvalue weighted by Gasteiger charge is 2.05. The van der Waals surface area contributed by atoms with E-state index in [1.54, 1.807) is 11.8 Å². The monoisotopic (exact) mass is 158 g/mol. The van der Waals surface area contributed by atoms with Crippen molar-refractivity contribution >= 4 is 17.7 Å². The van der Waals surface area contributed by atoms with Gasteiger partial charge in [0, 0.05) is 17.6 Å². The summed E-state index contributed by atoms with van der Waals surface area (Å²) < 4.78 is 4.80. The molecule has 0 aromatic rings. The van der Waals surface area contributed by atoms with Crippen LogP contribution in [-0.2, 0) is 9.53 Å². The Morgan fingerprint density at radius 3 is 3.20 bits per heavy atom. The third kappa shape index (κ3) is 2.43. The Hall–Kier alpha value is -0.440. The molecule has 2 nitrogen and oxygen atoms in total. The van der Waals surface area contributed by atoms with Crippen molar-refractivity contribution in [2.45, 2.75) is 13.3 Å². The molecule has 1 aliphatic rings. The second-order valence-corrected chi connectivity index (χ2v) is 3.31. The lowest BCUT2D eigenvalue weighted by Gasteiger charge is -1.99. The molecule has 1 heterocycles. The predicted octanol–water partition coefficient (Wildman–Crippen LogP) is 1.57. The lowest BCUT2D eigenvalue weighted by Crippen LogP contribution is -2.00. The molecule has 0 radical (unpaired) electrons. The zero-order valence-electron chi connectivity index (χ0n) is 5.92. The molecule has 0 bridgehead atoms. The summed E-state index contributed by atoms with van der Waals surface area (Å²) in [5.41, 5.74) is 0. The zero-order valence-corrected chi connectivity index (χ0v) is 6.74. The van der Waals surface area contributed by atoms with E-state index >= 15 is 0 Å². The second kappa shape index (κ2) is 3.66. The standard InChI is InChI=1S/C7H10O2S/c1-6(8)9-5-7-3-2-4-10-7/h3H,2,4-5H2,1H3. The van der Waals surface area contributed by atoms with E-state index in [2.05, 4.69) is 6.08 Å². The number of hydrogen-bond donors (Lipinski definition) is 0. The Balaban J connectivity index is 2.19. The minimum Gasteiger partial charge on any atom is -0.460 e. The van der Waals surface area contributed by atoms with Crippen LogP contribution in [0, 0.1) is 0 Å². The van der Waals surface area contributed by atoms with Gasteiger partial charge in [-0.3, -0.25) is 4.79 Å². The summed E-state index contributed by atoms with van der Waals surface area (Å²) in [7, 11) is 0. The number of esters is 1. The van der Waals surface area contributed by atoms with Gasteiger partial charge in [0.2, 0.25) is 0 Å². The fraction of sp³-hybridized carbons (Fsp3) is 0.571. The fourth-order valence-electron chi connectivity index (χ4n) is 0.742. The van der Waals surface area contributed by atoms with E-state index in [1.807, 2.05) is 0 Å². The smallest absolute Gasteiger partial charge is 0.302 e. The van der Waals surface area contributed by atoms with Gasteiger partial charge >= 0.3 is 5.97 Å². The predicted molar refractivity (Wildman–Crippen MR) is 41.8 cm³/mol. The van der Waals surface area contributed by atoms with E-state index in [1.165, 1.54) is 11.8 Å². The summed E-state index contributed by atoms with van der Waals surface area (Å²) in [6.07, 6.45) is 3.23. The van der Waals surface area contributed by atoms with Gasteiger partial charge in [-0.25, -0.2) is 0 Å². The average molecular weight is 158 g/mol. The fourth-order valence-corrected chi connectivity index (χ4v) is 1.62. The van der Waals surface area contributed by atoms with E-state index in [0.29, 0.717) is 6.61 Å². The number of rotatable bonds is 2. The van der Waals surface area contributed by atoms with Crippen molar-refractivity contribution in [1.29, 1.82) is 0 Å². The Labute approximate surface area is 64.6 Å². The van der Waals surface area contributed by atoms with Crippen LogP contribution in [0.2, 0.25) is 0 Å². The lowest BCUT2D eigenvalue weighted by atomic mass is 10.4. The maximum atomic E-state index is 10.3. The number of carbonyl (C=O) groups excluding carboxylic acids is 1. The summed E-state index contributed by atoms with van der Waals surface area (Å²) in [5, 5.41) is 0. The number of thioether (sulfide) groups is 1. The van der Waals surface area contributed by atoms with Crippen LogP contribution in [0.15, 0.2) is 11.0 Å². The molecule has 0 saturated carbocycles. The molecule has 56 valence electrons. The van der Waals surface area contributed by atoms with Gasteiger partial charge in [0.05, 0.1) is 0 Å². The van der Waals surface area contributed by atoms with Crippen molar-refractivity contribution < 1.29 is 9.53 Å². The summed E-state index contributed by atoms with van der Waals surface area (Å²) in [6.45, 7) is 1.90. The van der Waals surface area contributed by atoms with Gasteiger partial charge in [-0.2, -0.15) is 0 Å². The molecule has 10 heavy (non-hydrogen) atoms. The van der Waals surface area contributed by atoms with Crippen molar-refractivity contribution in [3.05, 3.63) is 11.0 Å². The minimum absolute atomic E-state index is 0.201. The summed E-state index contributed by atoms with van der Waals surface area (Å²) in [6, 6.07) is 0. The summed E-state index contributed by atoms with van der Waals surface area (Å²) in [4.78, 5) is 11.5. The molecule has 0 atom stereocenters. The van der Waals surface area contributed by atoms with Gasteiger partial charge < -0.3 is 4.74 Å². The number of carbonyl (C=O) groups is 1. The zero-order chi connectivity index (χ0) is 7.40. The van der Waals surface area contributed by atoms with Crippen molar-refractivity contribution in [1.82, 2.24) is 0 Å². The molecule has 0 aliphatic carbocycles. The van der Waals surface area contributed by atoms with E-state index in [4.69, 9.17) is 4.74 Å². The van der Waals surface area contributed by atoms with Crippen LogP contribution in [0.25, 0.3) is 0 Å². The third-order valence-corrected chi connectivity index (χ3v) is 2.29. The first-order chi connectivity index (χ1) is 4.79. The molecule has 1 aliphatic heterocycles. The summed E-state index contributed by atoms with van der Waals surface area (Å²) in [5.74, 6) is 0.935. The molecule has 0 unspecified atom stereocenters. The van der Waals surface area contributed by atoms with E-state index < -0.39 is 0 Å². The molecule has 0 saturated heterocycles. The van der Waals surface area contributed by atoms with Crippen LogP contribution in [0.4, 0.5) is 0 Å². The molecule has 0 amide bonds. The Bertz CT molecular complexity index is 163. The van der Waals surface area contributed by atoms with Gasteiger partial charge in [-0.15, -0.1) is 11.8 Å². The lowest BCUT2D eigenvalue weighted by molar-refractivity contribution is -0.139. The first-order valence-corrected chi connectivity index (χ1v) is 4.23. The molecule has 0 fully saturated rings. The van der Waals surface area contributed by atoms with Gasteiger partial charge in [0.15, 0.2) is 0 Å². The first kappa shape index (κ1) is 7.66. The van der Waals surface area contributed by atoms with E-state index in [9.17, 15) is 4.79 Å². The quantitative estimate of drug-likeness (QED) is 0.571. The van der Waals surface area contributed by atoms with Crippen molar-refractivity contribution in [2.75, 3.05) is 12.4 Å². The number of allylic oxidation sites excluding steroid dienone is 1. The molecule has 0 aromatic heterocycles. The number of hydrogen-bond acceptors (Lipinski definition) is 3. The highest BCUT2D eigenvalue weighted by atomic mass is 32.2. The van der Waals surface area contributed by atoms with Crippen LogP contribution in [0.1, 0.15) is 13.3 Å². The Morgan fingerprint density at radius 2 is 2.70 bits per heavy atom. The van der Waals surface area contributed by atoms with Crippen LogP contribution in [0.3, 0.4) is 0 Å². The van der Waals surface area contributed by atoms with E-state index in [-0.39, 0.29) is 5.97 Å². The van der Waals surface area contributed by atoms with Gasteiger partial charge in [-0.1, -0.05) is 6.08 Å². The normalized spacial score (nSPS) is 16.7. The van der Waals surface area contributed by atoms with Crippen LogP contribution in [0.5, 0.6) is 0 Å². The van der Waals surface area contributed by atoms with E-state index in [0.717, 1.165) is 12.2 Å². The SMILES string of the molecule is CC(=O)OCC1=CCCS1. The number of ether oxygens (including phenoxy) is 1. The molecule has 1 rings (SSSR count). The Kier molecular flexibility index (Phi) is 2.81. The minimum atomic E-state index is -0.201. The maximum Gasteiger partial charge on any atom is 0.302 e. The van der Waals surface area contributed by atoms with Crippen molar-refractivity contribution in [2.24, 2.45) is 0 Å². The molecular weight excluding hydrogens is 148 g/mol. The van der Waals surface area contributed by atoms with Gasteiger partial charge in [0.1, 0.15) is 6.61 Å². The molecule has 3 heteroatoms. The maximum absolute atomic E-state index is 10.3. The summed E-state index contributed by atoms with van der Waals surface area (Å²) >= 11 is 1.77. The average Bonchev–Trinajstić information content (AvgIpc) is 2.34. The molecular formula is C7H10O2S. The molecule has 0 N–H and O–H groups in total. The highest BCUT2D eigenvalue weighted by molar-refractivity contribution is 8.03. The second-order valence-electron chi connectivity index (χ2n) is 2.09. The van der Waals surface area contributed by atoms with Crippen LogP contribution >= 0.6 is 11.8 Å². The molecule has 0 aromatic carbocycles.